The molecule has 0 saturated carbocycles. The molecular formula is C17H20N2O2. The molecule has 0 amide bonds. The van der Waals surface area contributed by atoms with Gasteiger partial charge in [-0.15, -0.1) is 0 Å². The van der Waals surface area contributed by atoms with E-state index < -0.39 is 0 Å². The van der Waals surface area contributed by atoms with Crippen LogP contribution in [0.1, 0.15) is 19.4 Å². The fraction of sp³-hybridized carbons (Fsp3) is 0.235. The van der Waals surface area contributed by atoms with Crippen LogP contribution in [0, 0.1) is 0 Å². The molecule has 0 heterocycles. The lowest BCUT2D eigenvalue weighted by Crippen LogP contribution is -2.21. The third kappa shape index (κ3) is 3.75. The molecule has 0 bridgehead atoms. The second-order valence-electron chi connectivity index (χ2n) is 4.69. The van der Waals surface area contributed by atoms with Crippen LogP contribution in [0.5, 0.6) is 11.5 Å². The van der Waals surface area contributed by atoms with Gasteiger partial charge in [0.05, 0.1) is 5.69 Å². The lowest BCUT2D eigenvalue weighted by molar-refractivity contribution is 0.474. The van der Waals surface area contributed by atoms with E-state index in [1.54, 1.807) is 36.5 Å². The van der Waals surface area contributed by atoms with Crippen LogP contribution < -0.4 is 4.90 Å². The molecule has 0 fully saturated rings. The molecule has 0 radical (unpaired) electrons. The zero-order chi connectivity index (χ0) is 15.2. The van der Waals surface area contributed by atoms with Crippen LogP contribution in [-0.4, -0.2) is 29.5 Å². The lowest BCUT2D eigenvalue weighted by Gasteiger charge is -2.21. The largest absolute Gasteiger partial charge is 0.508 e. The van der Waals surface area contributed by atoms with Crippen LogP contribution >= 0.6 is 0 Å². The Morgan fingerprint density at radius 1 is 1.05 bits per heavy atom. The summed E-state index contributed by atoms with van der Waals surface area (Å²) in [6.07, 6.45) is 1.59. The van der Waals surface area contributed by atoms with Gasteiger partial charge in [0.25, 0.3) is 0 Å². The molecule has 2 N–H and O–H groups in total. The zero-order valence-electron chi connectivity index (χ0n) is 12.3. The maximum Gasteiger partial charge on any atom is 0.126 e. The zero-order valence-corrected chi connectivity index (χ0v) is 12.3. The summed E-state index contributed by atoms with van der Waals surface area (Å²) in [4.78, 5) is 6.42. The number of rotatable bonds is 5. The maximum atomic E-state index is 10.1. The first-order chi connectivity index (χ1) is 10.1. The fourth-order valence-electron chi connectivity index (χ4n) is 2.14. The minimum atomic E-state index is 0.172. The summed E-state index contributed by atoms with van der Waals surface area (Å²) in [6, 6.07) is 12.2. The van der Waals surface area contributed by atoms with Crippen LogP contribution in [-0.2, 0) is 0 Å². The second-order valence-corrected chi connectivity index (χ2v) is 4.69. The number of phenols is 2. The molecule has 0 atom stereocenters. The van der Waals surface area contributed by atoms with Crippen molar-refractivity contribution in [2.75, 3.05) is 18.0 Å². The molecule has 2 aromatic carbocycles. The summed E-state index contributed by atoms with van der Waals surface area (Å²) in [5, 5.41) is 19.5. The van der Waals surface area contributed by atoms with Crippen LogP contribution in [0.15, 0.2) is 47.5 Å². The van der Waals surface area contributed by atoms with E-state index in [1.165, 1.54) is 0 Å². The monoisotopic (exact) mass is 284 g/mol. The Morgan fingerprint density at radius 3 is 2.43 bits per heavy atom. The average Bonchev–Trinajstić information content (AvgIpc) is 2.48. The van der Waals surface area contributed by atoms with Crippen molar-refractivity contribution >= 4 is 17.6 Å². The number of nitrogens with zero attached hydrogens (tertiary/aromatic N) is 2. The second kappa shape index (κ2) is 6.79. The first-order valence-electron chi connectivity index (χ1n) is 7.05. The summed E-state index contributed by atoms with van der Waals surface area (Å²) in [6.45, 7) is 5.95. The number of hydrogen-bond donors (Lipinski definition) is 2. The van der Waals surface area contributed by atoms with Gasteiger partial charge in [-0.2, -0.15) is 0 Å². The Hall–Kier alpha value is -2.49. The summed E-state index contributed by atoms with van der Waals surface area (Å²) in [7, 11) is 0. The van der Waals surface area contributed by atoms with Crippen molar-refractivity contribution in [1.29, 1.82) is 0 Å². The highest BCUT2D eigenvalue weighted by molar-refractivity contribution is 5.86. The molecule has 0 saturated heterocycles. The third-order valence-corrected chi connectivity index (χ3v) is 3.33. The number of hydrogen-bond acceptors (Lipinski definition) is 4. The summed E-state index contributed by atoms with van der Waals surface area (Å²) >= 11 is 0. The lowest BCUT2D eigenvalue weighted by atomic mass is 10.2. The van der Waals surface area contributed by atoms with E-state index in [0.717, 1.165) is 18.8 Å². The van der Waals surface area contributed by atoms with E-state index >= 15 is 0 Å². The predicted octanol–water partition coefficient (Wildman–Crippen LogP) is 3.69. The molecule has 4 nitrogen and oxygen atoms in total. The normalized spacial score (nSPS) is 11.0. The van der Waals surface area contributed by atoms with Crippen LogP contribution in [0.4, 0.5) is 11.4 Å². The SMILES string of the molecule is CCN(CC)c1ccc(C=Nc2cccc(O)c2)c(O)c1. The number of aliphatic imine (C=N–C) groups is 1. The van der Waals surface area contributed by atoms with Gasteiger partial charge in [-0.3, -0.25) is 4.99 Å². The van der Waals surface area contributed by atoms with Gasteiger partial charge in [0.1, 0.15) is 11.5 Å². The van der Waals surface area contributed by atoms with E-state index in [2.05, 4.69) is 23.7 Å². The topological polar surface area (TPSA) is 56.1 Å². The molecule has 2 aromatic rings. The Balaban J connectivity index is 2.21. The smallest absolute Gasteiger partial charge is 0.126 e. The Bertz CT molecular complexity index is 634. The molecule has 0 aliphatic heterocycles. The molecule has 21 heavy (non-hydrogen) atoms. The molecule has 0 aliphatic rings. The quantitative estimate of drug-likeness (QED) is 0.823. The van der Waals surface area contributed by atoms with Crippen LogP contribution in [0.2, 0.25) is 0 Å². The third-order valence-electron chi connectivity index (χ3n) is 3.33. The Morgan fingerprint density at radius 2 is 1.81 bits per heavy atom. The van der Waals surface area contributed by atoms with E-state index in [0.29, 0.717) is 11.3 Å². The predicted molar refractivity (Wildman–Crippen MR) is 87.0 cm³/mol. The van der Waals surface area contributed by atoms with Gasteiger partial charge in [0.15, 0.2) is 0 Å². The molecule has 0 aliphatic carbocycles. The fourth-order valence-corrected chi connectivity index (χ4v) is 2.14. The van der Waals surface area contributed by atoms with Crippen molar-refractivity contribution in [3.05, 3.63) is 48.0 Å². The van der Waals surface area contributed by atoms with Gasteiger partial charge in [-0.25, -0.2) is 0 Å². The Kier molecular flexibility index (Phi) is 4.82. The van der Waals surface area contributed by atoms with E-state index in [9.17, 15) is 10.2 Å². The highest BCUT2D eigenvalue weighted by atomic mass is 16.3. The standard InChI is InChI=1S/C17H20N2O2/c1-3-19(4-2)15-9-8-13(17(21)11-15)12-18-14-6-5-7-16(20)10-14/h5-12,20-21H,3-4H2,1-2H3. The molecule has 0 unspecified atom stereocenters. The molecule has 110 valence electrons. The maximum absolute atomic E-state index is 10.1. The van der Waals surface area contributed by atoms with Crippen LogP contribution in [0.25, 0.3) is 0 Å². The minimum absolute atomic E-state index is 0.172. The van der Waals surface area contributed by atoms with Gasteiger partial charge in [0, 0.05) is 42.7 Å². The van der Waals surface area contributed by atoms with Crippen molar-refractivity contribution in [2.24, 2.45) is 4.99 Å². The van der Waals surface area contributed by atoms with Gasteiger partial charge in [-0.05, 0) is 38.1 Å². The number of benzene rings is 2. The highest BCUT2D eigenvalue weighted by Gasteiger charge is 2.05. The van der Waals surface area contributed by atoms with Crippen molar-refractivity contribution in [3.63, 3.8) is 0 Å². The first-order valence-corrected chi connectivity index (χ1v) is 7.05. The number of aromatic hydroxyl groups is 2. The number of phenolic OH excluding ortho intramolecular Hbond substituents is 2. The van der Waals surface area contributed by atoms with Crippen molar-refractivity contribution in [1.82, 2.24) is 0 Å². The summed E-state index contributed by atoms with van der Waals surface area (Å²) in [5.74, 6) is 0.369. The Labute approximate surface area is 125 Å². The average molecular weight is 284 g/mol. The molecule has 2 rings (SSSR count). The van der Waals surface area contributed by atoms with E-state index in [4.69, 9.17) is 0 Å². The molecule has 0 spiro atoms. The van der Waals surface area contributed by atoms with Crippen molar-refractivity contribution < 1.29 is 10.2 Å². The molecular weight excluding hydrogens is 264 g/mol. The van der Waals surface area contributed by atoms with Gasteiger partial charge >= 0.3 is 0 Å². The van der Waals surface area contributed by atoms with Gasteiger partial charge < -0.3 is 15.1 Å². The van der Waals surface area contributed by atoms with Crippen molar-refractivity contribution in [2.45, 2.75) is 13.8 Å². The van der Waals surface area contributed by atoms with Gasteiger partial charge in [0.2, 0.25) is 0 Å². The molecule has 0 aromatic heterocycles. The molecule has 4 heteroatoms. The number of anilines is 1. The van der Waals surface area contributed by atoms with Gasteiger partial charge in [-0.1, -0.05) is 6.07 Å². The summed E-state index contributed by atoms with van der Waals surface area (Å²) in [5.41, 5.74) is 2.28. The van der Waals surface area contributed by atoms with E-state index in [1.807, 2.05) is 12.1 Å². The van der Waals surface area contributed by atoms with E-state index in [-0.39, 0.29) is 11.5 Å². The first kappa shape index (κ1) is 14.9. The minimum Gasteiger partial charge on any atom is -0.508 e. The highest BCUT2D eigenvalue weighted by Crippen LogP contribution is 2.24. The van der Waals surface area contributed by atoms with Crippen molar-refractivity contribution in [3.8, 4) is 11.5 Å². The summed E-state index contributed by atoms with van der Waals surface area (Å²) < 4.78 is 0. The van der Waals surface area contributed by atoms with Crippen LogP contribution in [0.3, 0.4) is 0 Å².